The fourth-order valence-corrected chi connectivity index (χ4v) is 2.68. The Kier molecular flexibility index (Phi) is 4.31. The quantitative estimate of drug-likeness (QED) is 0.801. The Balaban J connectivity index is 0.00000144. The number of amides is 1. The molecule has 100 valence electrons. The topological polar surface area (TPSA) is 50.4 Å². The predicted octanol–water partition coefficient (Wildman–Crippen LogP) is 2.07. The fourth-order valence-electron chi connectivity index (χ4n) is 2.68. The summed E-state index contributed by atoms with van der Waals surface area (Å²) in [5.74, 6) is 0. The summed E-state index contributed by atoms with van der Waals surface area (Å²) < 4.78 is 5.23. The van der Waals surface area contributed by atoms with Crippen molar-refractivity contribution in [2.45, 2.75) is 51.7 Å². The van der Waals surface area contributed by atoms with Crippen molar-refractivity contribution < 1.29 is 9.53 Å². The molecule has 0 radical (unpaired) electrons. The molecule has 2 N–H and O–H groups in total. The maximum Gasteiger partial charge on any atom is 0.407 e. The molecule has 1 aliphatic carbocycles. The van der Waals surface area contributed by atoms with Gasteiger partial charge in [0.25, 0.3) is 0 Å². The highest BCUT2D eigenvalue weighted by Gasteiger charge is 2.46. The average molecular weight is 263 g/mol. The Morgan fingerprint density at radius 3 is 2.59 bits per heavy atom. The number of hydrogen-bond donors (Lipinski definition) is 2. The first-order chi connectivity index (χ1) is 7.39. The van der Waals surface area contributed by atoms with E-state index in [0.29, 0.717) is 11.5 Å². The third-order valence-electron chi connectivity index (χ3n) is 3.45. The molecule has 0 aromatic rings. The average Bonchev–Trinajstić information content (AvgIpc) is 2.12. The van der Waals surface area contributed by atoms with E-state index in [0.717, 1.165) is 13.1 Å². The van der Waals surface area contributed by atoms with Crippen molar-refractivity contribution in [1.29, 1.82) is 0 Å². The van der Waals surface area contributed by atoms with E-state index >= 15 is 0 Å². The summed E-state index contributed by atoms with van der Waals surface area (Å²) in [6, 6.07) is 0.689. The SMILES string of the molecule is CC(C)(C)OC(=O)NCC12CCNC(C1)C2.Cl. The van der Waals surface area contributed by atoms with Crippen LogP contribution in [0.3, 0.4) is 0 Å². The van der Waals surface area contributed by atoms with Crippen LogP contribution in [0.5, 0.6) is 0 Å². The Bertz CT molecular complexity index is 277. The number of fused-ring (bicyclic) bond motifs is 2. The molecule has 3 fully saturated rings. The predicted molar refractivity (Wildman–Crippen MR) is 69.6 cm³/mol. The van der Waals surface area contributed by atoms with E-state index in [-0.39, 0.29) is 18.5 Å². The van der Waals surface area contributed by atoms with Gasteiger partial charge in [-0.15, -0.1) is 12.4 Å². The third kappa shape index (κ3) is 3.75. The van der Waals surface area contributed by atoms with Crippen LogP contribution in [0.1, 0.15) is 40.0 Å². The molecule has 0 unspecified atom stereocenters. The molecule has 5 heteroatoms. The molecule has 17 heavy (non-hydrogen) atoms. The van der Waals surface area contributed by atoms with Gasteiger partial charge in [0, 0.05) is 12.6 Å². The number of carbonyl (C=O) groups excluding carboxylic acids is 1. The van der Waals surface area contributed by atoms with Gasteiger partial charge in [-0.1, -0.05) is 0 Å². The Morgan fingerprint density at radius 2 is 2.12 bits per heavy atom. The van der Waals surface area contributed by atoms with E-state index in [4.69, 9.17) is 4.74 Å². The lowest BCUT2D eigenvalue weighted by atomic mass is 9.61. The van der Waals surface area contributed by atoms with Gasteiger partial charge in [-0.05, 0) is 52.0 Å². The standard InChI is InChI=1S/C12H22N2O2.ClH/c1-11(2,3)16-10(15)14-8-12-4-5-13-9(6-12)7-12;/h9,13H,4-8H2,1-3H3,(H,14,15);1H. The smallest absolute Gasteiger partial charge is 0.407 e. The minimum atomic E-state index is -0.405. The van der Waals surface area contributed by atoms with Crippen molar-refractivity contribution in [1.82, 2.24) is 10.6 Å². The lowest BCUT2D eigenvalue weighted by molar-refractivity contribution is 0.0184. The van der Waals surface area contributed by atoms with Gasteiger partial charge in [-0.3, -0.25) is 0 Å². The van der Waals surface area contributed by atoms with Crippen molar-refractivity contribution in [3.8, 4) is 0 Å². The van der Waals surface area contributed by atoms with E-state index in [1.165, 1.54) is 19.3 Å². The summed E-state index contributed by atoms with van der Waals surface area (Å²) in [4.78, 5) is 11.5. The highest BCUT2D eigenvalue weighted by Crippen LogP contribution is 2.46. The van der Waals surface area contributed by atoms with Gasteiger partial charge in [-0.2, -0.15) is 0 Å². The molecule has 3 rings (SSSR count). The van der Waals surface area contributed by atoms with Crippen LogP contribution in [0.15, 0.2) is 0 Å². The maximum absolute atomic E-state index is 11.5. The molecular weight excluding hydrogens is 240 g/mol. The lowest BCUT2D eigenvalue weighted by Gasteiger charge is -2.53. The first kappa shape index (κ1) is 14.6. The highest BCUT2D eigenvalue weighted by atomic mass is 35.5. The van der Waals surface area contributed by atoms with Crippen molar-refractivity contribution in [2.24, 2.45) is 5.41 Å². The molecule has 3 aliphatic rings. The van der Waals surface area contributed by atoms with E-state index < -0.39 is 5.60 Å². The number of nitrogens with one attached hydrogen (secondary N) is 2. The Morgan fingerprint density at radius 1 is 1.47 bits per heavy atom. The van der Waals surface area contributed by atoms with E-state index in [2.05, 4.69) is 10.6 Å². The fraction of sp³-hybridized carbons (Fsp3) is 0.917. The Labute approximate surface area is 109 Å². The number of piperidine rings is 2. The normalized spacial score (nSPS) is 30.9. The summed E-state index contributed by atoms with van der Waals surface area (Å²) in [6.45, 7) is 7.50. The second-order valence-corrected chi connectivity index (χ2v) is 6.16. The molecule has 4 nitrogen and oxygen atoms in total. The summed E-state index contributed by atoms with van der Waals surface area (Å²) >= 11 is 0. The molecule has 0 aromatic carbocycles. The van der Waals surface area contributed by atoms with Gasteiger partial charge in [-0.25, -0.2) is 4.79 Å². The first-order valence-corrected chi connectivity index (χ1v) is 6.09. The molecule has 2 aliphatic heterocycles. The van der Waals surface area contributed by atoms with Crippen molar-refractivity contribution in [2.75, 3.05) is 13.1 Å². The molecule has 1 amide bonds. The molecule has 0 spiro atoms. The van der Waals surface area contributed by atoms with Gasteiger partial charge in [0.2, 0.25) is 0 Å². The number of alkyl carbamates (subject to hydrolysis) is 1. The second kappa shape index (κ2) is 5.02. The molecule has 0 atom stereocenters. The van der Waals surface area contributed by atoms with E-state index in [1.807, 2.05) is 20.8 Å². The lowest BCUT2D eigenvalue weighted by Crippen LogP contribution is -2.59. The third-order valence-corrected chi connectivity index (χ3v) is 3.45. The van der Waals surface area contributed by atoms with Crippen LogP contribution >= 0.6 is 12.4 Å². The Hall–Kier alpha value is -0.480. The monoisotopic (exact) mass is 262 g/mol. The second-order valence-electron chi connectivity index (χ2n) is 6.16. The van der Waals surface area contributed by atoms with Crippen LogP contribution in [0.25, 0.3) is 0 Å². The van der Waals surface area contributed by atoms with Crippen LogP contribution in [0, 0.1) is 5.41 Å². The van der Waals surface area contributed by atoms with Crippen molar-refractivity contribution in [3.63, 3.8) is 0 Å². The van der Waals surface area contributed by atoms with Crippen LogP contribution in [-0.4, -0.2) is 30.8 Å². The van der Waals surface area contributed by atoms with Crippen molar-refractivity contribution in [3.05, 3.63) is 0 Å². The minimum Gasteiger partial charge on any atom is -0.444 e. The zero-order chi connectivity index (χ0) is 11.8. The van der Waals surface area contributed by atoms with Crippen LogP contribution in [0.2, 0.25) is 0 Å². The molecular formula is C12H23ClN2O2. The zero-order valence-corrected chi connectivity index (χ0v) is 11.7. The number of halogens is 1. The first-order valence-electron chi connectivity index (χ1n) is 6.09. The molecule has 2 bridgehead atoms. The molecule has 2 saturated heterocycles. The zero-order valence-electron chi connectivity index (χ0n) is 10.8. The molecule has 1 saturated carbocycles. The highest BCUT2D eigenvalue weighted by molar-refractivity contribution is 5.85. The molecule has 2 heterocycles. The number of carbonyl (C=O) groups is 1. The summed E-state index contributed by atoms with van der Waals surface area (Å²) in [6.07, 6.45) is 3.27. The molecule has 0 aromatic heterocycles. The largest absolute Gasteiger partial charge is 0.444 e. The van der Waals surface area contributed by atoms with Gasteiger partial charge in [0.15, 0.2) is 0 Å². The van der Waals surface area contributed by atoms with E-state index in [1.54, 1.807) is 0 Å². The van der Waals surface area contributed by atoms with Gasteiger partial charge < -0.3 is 15.4 Å². The number of ether oxygens (including phenoxy) is 1. The van der Waals surface area contributed by atoms with Crippen LogP contribution in [0.4, 0.5) is 4.79 Å². The van der Waals surface area contributed by atoms with Crippen molar-refractivity contribution >= 4 is 18.5 Å². The summed E-state index contributed by atoms with van der Waals surface area (Å²) in [5.41, 5.74) is -0.0508. The summed E-state index contributed by atoms with van der Waals surface area (Å²) in [5, 5.41) is 6.35. The summed E-state index contributed by atoms with van der Waals surface area (Å²) in [7, 11) is 0. The number of rotatable bonds is 2. The maximum atomic E-state index is 11.5. The van der Waals surface area contributed by atoms with Gasteiger partial charge in [0.05, 0.1) is 0 Å². The van der Waals surface area contributed by atoms with Gasteiger partial charge >= 0.3 is 6.09 Å². The van der Waals surface area contributed by atoms with Gasteiger partial charge in [0.1, 0.15) is 5.60 Å². The van der Waals surface area contributed by atoms with E-state index in [9.17, 15) is 4.79 Å². The number of hydrogen-bond acceptors (Lipinski definition) is 3. The van der Waals surface area contributed by atoms with Crippen LogP contribution < -0.4 is 10.6 Å². The minimum absolute atomic E-state index is 0. The van der Waals surface area contributed by atoms with Crippen LogP contribution in [-0.2, 0) is 4.74 Å².